The number of esters is 1. The standard InChI is InChI=1S/C14H16F3NO4/c1-7(2)5-10(18)13(21)22-11-6-8(14(15,16)17)3-4-9(11)12(19)20/h3-4,6-7,10H,5,18H2,1-2H3,(H,19,20). The van der Waals surface area contributed by atoms with E-state index in [1.165, 1.54) is 0 Å². The first kappa shape index (κ1) is 18.0. The third-order valence-corrected chi connectivity index (χ3v) is 2.78. The van der Waals surface area contributed by atoms with Crippen LogP contribution in [0.5, 0.6) is 5.75 Å². The van der Waals surface area contributed by atoms with Gasteiger partial charge in [-0.3, -0.25) is 0 Å². The van der Waals surface area contributed by atoms with Gasteiger partial charge in [-0.1, -0.05) is 13.8 Å². The summed E-state index contributed by atoms with van der Waals surface area (Å²) in [6, 6.07) is 0.774. The predicted octanol–water partition coefficient (Wildman–Crippen LogP) is 2.68. The summed E-state index contributed by atoms with van der Waals surface area (Å²) in [4.78, 5) is 22.8. The molecule has 0 saturated carbocycles. The molecule has 0 saturated heterocycles. The number of rotatable bonds is 5. The molecule has 5 nitrogen and oxygen atoms in total. The molecule has 0 spiro atoms. The fourth-order valence-electron chi connectivity index (χ4n) is 1.75. The van der Waals surface area contributed by atoms with Crippen LogP contribution in [-0.4, -0.2) is 23.1 Å². The van der Waals surface area contributed by atoms with Gasteiger partial charge >= 0.3 is 18.1 Å². The van der Waals surface area contributed by atoms with E-state index in [1.807, 2.05) is 0 Å². The maximum Gasteiger partial charge on any atom is 0.416 e. The Labute approximate surface area is 124 Å². The normalized spacial score (nSPS) is 13.0. The highest BCUT2D eigenvalue weighted by molar-refractivity contribution is 5.92. The monoisotopic (exact) mass is 319 g/mol. The molecule has 122 valence electrons. The Morgan fingerprint density at radius 3 is 2.36 bits per heavy atom. The molecule has 0 aliphatic heterocycles. The quantitative estimate of drug-likeness (QED) is 0.643. The molecule has 1 aromatic rings. The van der Waals surface area contributed by atoms with Crippen LogP contribution in [0.3, 0.4) is 0 Å². The van der Waals surface area contributed by atoms with E-state index in [1.54, 1.807) is 13.8 Å². The van der Waals surface area contributed by atoms with Gasteiger partial charge in [-0.15, -0.1) is 0 Å². The summed E-state index contributed by atoms with van der Waals surface area (Å²) < 4.78 is 42.7. The lowest BCUT2D eigenvalue weighted by Crippen LogP contribution is -2.35. The fourth-order valence-corrected chi connectivity index (χ4v) is 1.75. The van der Waals surface area contributed by atoms with Crippen molar-refractivity contribution < 1.29 is 32.6 Å². The molecule has 1 atom stereocenters. The third kappa shape index (κ3) is 4.73. The van der Waals surface area contributed by atoms with Gasteiger partial charge in [-0.25, -0.2) is 9.59 Å². The summed E-state index contributed by atoms with van der Waals surface area (Å²) in [5.74, 6) is -3.08. The van der Waals surface area contributed by atoms with Crippen LogP contribution in [0.2, 0.25) is 0 Å². The van der Waals surface area contributed by atoms with E-state index in [0.717, 1.165) is 6.07 Å². The minimum absolute atomic E-state index is 0.0722. The average molecular weight is 319 g/mol. The van der Waals surface area contributed by atoms with Gasteiger partial charge in [0.15, 0.2) is 0 Å². The first-order chi connectivity index (χ1) is 10.0. The van der Waals surface area contributed by atoms with E-state index < -0.39 is 41.0 Å². The molecule has 3 N–H and O–H groups in total. The second kappa shape index (κ2) is 6.78. The highest BCUT2D eigenvalue weighted by Crippen LogP contribution is 2.33. The number of ether oxygens (including phenoxy) is 1. The first-order valence-electron chi connectivity index (χ1n) is 6.44. The van der Waals surface area contributed by atoms with Crippen LogP contribution in [0.4, 0.5) is 13.2 Å². The Morgan fingerprint density at radius 2 is 1.91 bits per heavy atom. The highest BCUT2D eigenvalue weighted by atomic mass is 19.4. The van der Waals surface area contributed by atoms with Gasteiger partial charge in [-0.05, 0) is 30.5 Å². The van der Waals surface area contributed by atoms with E-state index >= 15 is 0 Å². The van der Waals surface area contributed by atoms with Crippen molar-refractivity contribution in [3.8, 4) is 5.75 Å². The molecule has 22 heavy (non-hydrogen) atoms. The van der Waals surface area contributed by atoms with E-state index in [-0.39, 0.29) is 12.3 Å². The fraction of sp³-hybridized carbons (Fsp3) is 0.429. The van der Waals surface area contributed by atoms with Crippen molar-refractivity contribution in [2.45, 2.75) is 32.5 Å². The molecule has 0 amide bonds. The van der Waals surface area contributed by atoms with Crippen LogP contribution in [0, 0.1) is 5.92 Å². The second-order valence-corrected chi connectivity index (χ2v) is 5.17. The van der Waals surface area contributed by atoms with Crippen LogP contribution in [0.25, 0.3) is 0 Å². The van der Waals surface area contributed by atoms with Gasteiger partial charge in [0, 0.05) is 0 Å². The molecule has 0 radical (unpaired) electrons. The number of benzene rings is 1. The van der Waals surface area contributed by atoms with E-state index in [9.17, 15) is 22.8 Å². The molecule has 1 aromatic carbocycles. The Bertz CT molecular complexity index is 570. The number of carbonyl (C=O) groups is 2. The number of halogens is 3. The van der Waals surface area contributed by atoms with Crippen molar-refractivity contribution >= 4 is 11.9 Å². The second-order valence-electron chi connectivity index (χ2n) is 5.17. The maximum atomic E-state index is 12.7. The lowest BCUT2D eigenvalue weighted by Gasteiger charge is -2.15. The molecule has 0 aromatic heterocycles. The van der Waals surface area contributed by atoms with Crippen molar-refractivity contribution in [2.75, 3.05) is 0 Å². The molecule has 0 aliphatic carbocycles. The van der Waals surface area contributed by atoms with Crippen LogP contribution in [-0.2, 0) is 11.0 Å². The lowest BCUT2D eigenvalue weighted by atomic mass is 10.0. The Hall–Kier alpha value is -2.09. The van der Waals surface area contributed by atoms with Crippen LogP contribution in [0.1, 0.15) is 36.2 Å². The lowest BCUT2D eigenvalue weighted by molar-refractivity contribution is -0.139. The molecule has 8 heteroatoms. The van der Waals surface area contributed by atoms with Crippen LogP contribution in [0.15, 0.2) is 18.2 Å². The summed E-state index contributed by atoms with van der Waals surface area (Å²) >= 11 is 0. The van der Waals surface area contributed by atoms with Gasteiger partial charge in [0.05, 0.1) is 5.56 Å². The molecule has 1 unspecified atom stereocenters. The highest BCUT2D eigenvalue weighted by Gasteiger charge is 2.32. The Morgan fingerprint density at radius 1 is 1.32 bits per heavy atom. The van der Waals surface area contributed by atoms with Crippen molar-refractivity contribution in [3.05, 3.63) is 29.3 Å². The first-order valence-corrected chi connectivity index (χ1v) is 6.44. The SMILES string of the molecule is CC(C)CC(N)C(=O)Oc1cc(C(F)(F)F)ccc1C(=O)O. The number of nitrogens with two attached hydrogens (primary N) is 1. The van der Waals surface area contributed by atoms with E-state index in [2.05, 4.69) is 0 Å². The minimum atomic E-state index is -4.68. The topological polar surface area (TPSA) is 89.6 Å². The molecule has 0 bridgehead atoms. The van der Waals surface area contributed by atoms with Crippen LogP contribution >= 0.6 is 0 Å². The smallest absolute Gasteiger partial charge is 0.416 e. The number of aromatic carboxylic acids is 1. The van der Waals surface area contributed by atoms with E-state index in [0.29, 0.717) is 12.1 Å². The summed E-state index contributed by atoms with van der Waals surface area (Å²) in [6.07, 6.45) is -4.42. The minimum Gasteiger partial charge on any atom is -0.478 e. The predicted molar refractivity (Wildman–Crippen MR) is 71.5 cm³/mol. The van der Waals surface area contributed by atoms with Gasteiger partial charge in [0.2, 0.25) is 0 Å². The number of hydrogen-bond donors (Lipinski definition) is 2. The average Bonchev–Trinajstić information content (AvgIpc) is 2.36. The van der Waals surface area contributed by atoms with Gasteiger partial charge in [-0.2, -0.15) is 13.2 Å². The van der Waals surface area contributed by atoms with Crippen molar-refractivity contribution in [2.24, 2.45) is 11.7 Å². The number of hydrogen-bond acceptors (Lipinski definition) is 4. The van der Waals surface area contributed by atoms with Gasteiger partial charge < -0.3 is 15.6 Å². The van der Waals surface area contributed by atoms with Gasteiger partial charge in [0.1, 0.15) is 17.4 Å². The van der Waals surface area contributed by atoms with Crippen molar-refractivity contribution in [1.82, 2.24) is 0 Å². The zero-order valence-electron chi connectivity index (χ0n) is 12.0. The summed E-state index contributed by atoms with van der Waals surface area (Å²) in [7, 11) is 0. The maximum absolute atomic E-state index is 12.7. The summed E-state index contributed by atoms with van der Waals surface area (Å²) in [5, 5.41) is 8.95. The molecular weight excluding hydrogens is 303 g/mol. The largest absolute Gasteiger partial charge is 0.478 e. The number of carbonyl (C=O) groups excluding carboxylic acids is 1. The molecule has 0 fully saturated rings. The third-order valence-electron chi connectivity index (χ3n) is 2.78. The van der Waals surface area contributed by atoms with Crippen LogP contribution < -0.4 is 10.5 Å². The Kier molecular flexibility index (Phi) is 5.54. The zero-order chi connectivity index (χ0) is 17.1. The number of carboxylic acids is 1. The van der Waals surface area contributed by atoms with Crippen molar-refractivity contribution in [3.63, 3.8) is 0 Å². The number of carboxylic acid groups (broad SMARTS) is 1. The molecule has 0 heterocycles. The molecular formula is C14H16F3NO4. The molecule has 1 rings (SSSR count). The molecule has 0 aliphatic rings. The zero-order valence-corrected chi connectivity index (χ0v) is 12.0. The number of alkyl halides is 3. The Balaban J connectivity index is 3.10. The summed E-state index contributed by atoms with van der Waals surface area (Å²) in [6.45, 7) is 3.61. The van der Waals surface area contributed by atoms with Gasteiger partial charge in [0.25, 0.3) is 0 Å². The van der Waals surface area contributed by atoms with E-state index in [4.69, 9.17) is 15.6 Å². The summed E-state index contributed by atoms with van der Waals surface area (Å²) in [5.41, 5.74) is 3.92. The van der Waals surface area contributed by atoms with Crippen molar-refractivity contribution in [1.29, 1.82) is 0 Å².